The molecule has 2 heterocycles. The summed E-state index contributed by atoms with van der Waals surface area (Å²) in [6.45, 7) is 1.95. The Balaban J connectivity index is 1.80. The molecule has 2 aromatic rings. The number of aryl methyl sites for hydroxylation is 2. The van der Waals surface area contributed by atoms with Crippen LogP contribution in [0.2, 0.25) is 0 Å². The van der Waals surface area contributed by atoms with Gasteiger partial charge in [-0.05, 0) is 25.8 Å². The Morgan fingerprint density at radius 2 is 2.25 bits per heavy atom. The smallest absolute Gasteiger partial charge is 0.261 e. The molecule has 2 unspecified atom stereocenters. The summed E-state index contributed by atoms with van der Waals surface area (Å²) in [5, 5.41) is 18.3. The fourth-order valence-electron chi connectivity index (χ4n) is 2.84. The molecule has 0 aromatic carbocycles. The van der Waals surface area contributed by atoms with E-state index >= 15 is 0 Å². The number of rotatable bonds is 2. The van der Waals surface area contributed by atoms with E-state index in [0.717, 1.165) is 41.6 Å². The molecule has 0 radical (unpaired) electrons. The number of thiophene rings is 1. The molecule has 0 aliphatic heterocycles. The van der Waals surface area contributed by atoms with Crippen LogP contribution in [0.15, 0.2) is 6.07 Å². The summed E-state index contributed by atoms with van der Waals surface area (Å²) in [6, 6.07) is 1.79. The van der Waals surface area contributed by atoms with Gasteiger partial charge in [0.2, 0.25) is 0 Å². The van der Waals surface area contributed by atoms with Crippen molar-refractivity contribution in [2.75, 3.05) is 0 Å². The van der Waals surface area contributed by atoms with Gasteiger partial charge in [0.15, 0.2) is 0 Å². The maximum absolute atomic E-state index is 12.3. The molecule has 20 heavy (non-hydrogen) atoms. The summed E-state index contributed by atoms with van der Waals surface area (Å²) in [6.07, 6.45) is 3.34. The summed E-state index contributed by atoms with van der Waals surface area (Å²) >= 11 is 1.45. The van der Waals surface area contributed by atoms with Gasteiger partial charge in [-0.15, -0.1) is 11.3 Å². The lowest BCUT2D eigenvalue weighted by molar-refractivity contribution is 0.0720. The monoisotopic (exact) mass is 293 g/mol. The van der Waals surface area contributed by atoms with Crippen LogP contribution in [-0.2, 0) is 7.05 Å². The maximum atomic E-state index is 12.3. The molecule has 1 saturated carbocycles. The van der Waals surface area contributed by atoms with E-state index in [1.54, 1.807) is 0 Å². The van der Waals surface area contributed by atoms with Gasteiger partial charge in [0.25, 0.3) is 5.91 Å². The minimum atomic E-state index is -0.412. The van der Waals surface area contributed by atoms with Gasteiger partial charge in [-0.3, -0.25) is 9.48 Å². The van der Waals surface area contributed by atoms with Crippen LogP contribution in [0.3, 0.4) is 0 Å². The minimum Gasteiger partial charge on any atom is -0.391 e. The Morgan fingerprint density at radius 1 is 1.50 bits per heavy atom. The maximum Gasteiger partial charge on any atom is 0.261 e. The van der Waals surface area contributed by atoms with E-state index in [0.29, 0.717) is 4.88 Å². The van der Waals surface area contributed by atoms with Crippen molar-refractivity contribution in [3.63, 3.8) is 0 Å². The fraction of sp³-hybridized carbons (Fsp3) is 0.571. The molecule has 2 N–H and O–H groups in total. The first-order valence-corrected chi connectivity index (χ1v) is 7.80. The topological polar surface area (TPSA) is 67.2 Å². The average molecular weight is 293 g/mol. The van der Waals surface area contributed by atoms with E-state index in [1.165, 1.54) is 11.3 Å². The third-order valence-electron chi connectivity index (χ3n) is 3.97. The lowest BCUT2D eigenvalue weighted by Gasteiger charge is -2.28. The number of aliphatic hydroxyl groups is 1. The number of aliphatic hydroxyl groups excluding tert-OH is 1. The number of amides is 1. The number of aromatic nitrogens is 2. The summed E-state index contributed by atoms with van der Waals surface area (Å²) in [4.78, 5) is 14.0. The van der Waals surface area contributed by atoms with Gasteiger partial charge in [0.05, 0.1) is 22.7 Å². The largest absolute Gasteiger partial charge is 0.391 e. The van der Waals surface area contributed by atoms with Crippen molar-refractivity contribution in [1.82, 2.24) is 15.1 Å². The Hall–Kier alpha value is -1.40. The highest BCUT2D eigenvalue weighted by molar-refractivity contribution is 7.20. The van der Waals surface area contributed by atoms with Crippen LogP contribution in [0.1, 0.15) is 41.0 Å². The molecule has 1 fully saturated rings. The predicted molar refractivity (Wildman–Crippen MR) is 79.1 cm³/mol. The standard InChI is InChI=1S/C14H19N3O2S/c1-8-9-7-12(20-14(9)17(2)16-8)13(19)15-10-5-3-4-6-11(10)18/h7,10-11,18H,3-6H2,1-2H3,(H,15,19). The summed E-state index contributed by atoms with van der Waals surface area (Å²) in [7, 11) is 1.89. The molecule has 0 saturated heterocycles. The van der Waals surface area contributed by atoms with Crippen molar-refractivity contribution in [3.8, 4) is 0 Å². The molecule has 1 aliphatic carbocycles. The highest BCUT2D eigenvalue weighted by Crippen LogP contribution is 2.28. The molecular formula is C14H19N3O2S. The van der Waals surface area contributed by atoms with Crippen LogP contribution >= 0.6 is 11.3 Å². The normalized spacial score (nSPS) is 23.1. The average Bonchev–Trinajstić information content (AvgIpc) is 2.95. The third-order valence-corrected chi connectivity index (χ3v) is 5.17. The van der Waals surface area contributed by atoms with Gasteiger partial charge >= 0.3 is 0 Å². The van der Waals surface area contributed by atoms with Crippen molar-refractivity contribution in [1.29, 1.82) is 0 Å². The van der Waals surface area contributed by atoms with Crippen LogP contribution in [0, 0.1) is 6.92 Å². The molecule has 3 rings (SSSR count). The van der Waals surface area contributed by atoms with Crippen LogP contribution in [0.5, 0.6) is 0 Å². The Kier molecular flexibility index (Phi) is 3.52. The van der Waals surface area contributed by atoms with Gasteiger partial charge in [-0.1, -0.05) is 12.8 Å². The van der Waals surface area contributed by atoms with Crippen molar-refractivity contribution >= 4 is 27.5 Å². The Labute approximate surface area is 121 Å². The van der Waals surface area contributed by atoms with Gasteiger partial charge in [-0.25, -0.2) is 0 Å². The summed E-state index contributed by atoms with van der Waals surface area (Å²) in [5.41, 5.74) is 0.940. The molecular weight excluding hydrogens is 274 g/mol. The second kappa shape index (κ2) is 5.18. The van der Waals surface area contributed by atoms with Crippen molar-refractivity contribution in [2.45, 2.75) is 44.8 Å². The molecule has 108 valence electrons. The van der Waals surface area contributed by atoms with E-state index in [-0.39, 0.29) is 11.9 Å². The number of carbonyl (C=O) groups is 1. The zero-order valence-corrected chi connectivity index (χ0v) is 12.5. The Bertz CT molecular complexity index is 612. The molecule has 6 heteroatoms. The van der Waals surface area contributed by atoms with E-state index in [2.05, 4.69) is 10.4 Å². The molecule has 0 spiro atoms. The van der Waals surface area contributed by atoms with Gasteiger partial charge in [-0.2, -0.15) is 5.10 Å². The number of hydrogen-bond donors (Lipinski definition) is 2. The Morgan fingerprint density at radius 3 is 2.95 bits per heavy atom. The number of hydrogen-bond acceptors (Lipinski definition) is 4. The van der Waals surface area contributed by atoms with Crippen molar-refractivity contribution in [2.24, 2.45) is 7.05 Å². The molecule has 0 bridgehead atoms. The van der Waals surface area contributed by atoms with Crippen LogP contribution < -0.4 is 5.32 Å². The molecule has 1 amide bonds. The van der Waals surface area contributed by atoms with Gasteiger partial charge < -0.3 is 10.4 Å². The second-order valence-electron chi connectivity index (χ2n) is 5.47. The molecule has 5 nitrogen and oxygen atoms in total. The van der Waals surface area contributed by atoms with Gasteiger partial charge in [0.1, 0.15) is 4.83 Å². The second-order valence-corrected chi connectivity index (χ2v) is 6.50. The first kappa shape index (κ1) is 13.6. The first-order valence-electron chi connectivity index (χ1n) is 6.98. The summed E-state index contributed by atoms with van der Waals surface area (Å²) in [5.74, 6) is -0.0865. The van der Waals surface area contributed by atoms with E-state index in [1.807, 2.05) is 24.7 Å². The van der Waals surface area contributed by atoms with Crippen LogP contribution in [0.25, 0.3) is 10.2 Å². The number of nitrogens with one attached hydrogen (secondary N) is 1. The zero-order chi connectivity index (χ0) is 14.3. The first-order chi connectivity index (χ1) is 9.56. The summed E-state index contributed by atoms with van der Waals surface area (Å²) < 4.78 is 1.81. The number of carbonyl (C=O) groups excluding carboxylic acids is 1. The van der Waals surface area contributed by atoms with E-state index < -0.39 is 6.10 Å². The highest BCUT2D eigenvalue weighted by atomic mass is 32.1. The lowest BCUT2D eigenvalue weighted by atomic mass is 9.92. The van der Waals surface area contributed by atoms with Gasteiger partial charge in [0, 0.05) is 12.4 Å². The SMILES string of the molecule is Cc1nn(C)c2sc(C(=O)NC3CCCCC3O)cc12. The minimum absolute atomic E-state index is 0.0865. The van der Waals surface area contributed by atoms with E-state index in [9.17, 15) is 9.90 Å². The van der Waals surface area contributed by atoms with Crippen LogP contribution in [-0.4, -0.2) is 32.9 Å². The molecule has 2 aromatic heterocycles. The zero-order valence-electron chi connectivity index (χ0n) is 11.7. The fourth-order valence-corrected chi connectivity index (χ4v) is 3.86. The lowest BCUT2D eigenvalue weighted by Crippen LogP contribution is -2.44. The molecule has 1 aliphatic rings. The quantitative estimate of drug-likeness (QED) is 0.889. The third kappa shape index (κ3) is 2.33. The van der Waals surface area contributed by atoms with Crippen LogP contribution in [0.4, 0.5) is 0 Å². The molecule has 2 atom stereocenters. The number of nitrogens with zero attached hydrogens (tertiary/aromatic N) is 2. The van der Waals surface area contributed by atoms with E-state index in [4.69, 9.17) is 0 Å². The van der Waals surface area contributed by atoms with Crippen molar-refractivity contribution in [3.05, 3.63) is 16.6 Å². The predicted octanol–water partition coefficient (Wildman–Crippen LogP) is 1.98. The van der Waals surface area contributed by atoms with Crippen molar-refractivity contribution < 1.29 is 9.90 Å². The highest BCUT2D eigenvalue weighted by Gasteiger charge is 2.25. The number of fused-ring (bicyclic) bond motifs is 1.